The molecule has 1 aromatic rings. The van der Waals surface area contributed by atoms with Crippen molar-refractivity contribution in [3.05, 3.63) is 17.7 Å². The van der Waals surface area contributed by atoms with Crippen molar-refractivity contribution in [3.8, 4) is 11.5 Å². The topological polar surface area (TPSA) is 91.9 Å². The first-order valence-electron chi connectivity index (χ1n) is 9.41. The van der Waals surface area contributed by atoms with Gasteiger partial charge in [0.2, 0.25) is 0 Å². The van der Waals surface area contributed by atoms with Crippen LogP contribution < -0.4 is 25.4 Å². The summed E-state index contributed by atoms with van der Waals surface area (Å²) < 4.78 is 11.6. The molecule has 1 amide bonds. The Bertz CT molecular complexity index is 635. The van der Waals surface area contributed by atoms with E-state index in [1.165, 1.54) is 0 Å². The number of amides is 1. The normalized spacial score (nSPS) is 22.6. The summed E-state index contributed by atoms with van der Waals surface area (Å²) >= 11 is 0. The number of β-amino-alcohol motifs (C(OH)–C–C–N with tert-alkyl or cyclic N) is 1. The van der Waals surface area contributed by atoms with Crippen molar-refractivity contribution in [2.75, 3.05) is 38.2 Å². The highest BCUT2D eigenvalue weighted by Crippen LogP contribution is 2.37. The van der Waals surface area contributed by atoms with Crippen LogP contribution in [0, 0.1) is 5.92 Å². The molecule has 144 valence electrons. The standard InChI is InChI=1S/C19H29N3O4/c1-12(2)22-14-8-15(18-17(9-14)25-6-3-7-26-18)19(24)21-10-13-4-5-20-11-16(13)23/h8-9,12-13,16,20,22-23H,3-7,10-11H2,1-2H3,(H,21,24)/t13-,16?/m0/s1. The number of nitrogens with one attached hydrogen (secondary N) is 3. The molecule has 1 fully saturated rings. The van der Waals surface area contributed by atoms with Crippen molar-refractivity contribution in [2.24, 2.45) is 5.92 Å². The van der Waals surface area contributed by atoms with Crippen molar-refractivity contribution < 1.29 is 19.4 Å². The summed E-state index contributed by atoms with van der Waals surface area (Å²) in [5.74, 6) is 0.957. The van der Waals surface area contributed by atoms with E-state index in [1.807, 2.05) is 26.0 Å². The molecule has 1 unspecified atom stereocenters. The van der Waals surface area contributed by atoms with Gasteiger partial charge in [-0.3, -0.25) is 4.79 Å². The first-order valence-corrected chi connectivity index (χ1v) is 9.41. The molecular weight excluding hydrogens is 334 g/mol. The lowest BCUT2D eigenvalue weighted by atomic mass is 9.95. The molecule has 7 heteroatoms. The predicted octanol–water partition coefficient (Wildman–Crippen LogP) is 1.37. The third-order valence-electron chi connectivity index (χ3n) is 4.66. The second kappa shape index (κ2) is 8.60. The zero-order valence-corrected chi connectivity index (χ0v) is 15.5. The number of carbonyl (C=O) groups excluding carboxylic acids is 1. The van der Waals surface area contributed by atoms with Crippen molar-refractivity contribution in [1.82, 2.24) is 10.6 Å². The Morgan fingerprint density at radius 2 is 2.15 bits per heavy atom. The minimum Gasteiger partial charge on any atom is -0.489 e. The largest absolute Gasteiger partial charge is 0.489 e. The Morgan fingerprint density at radius 3 is 2.92 bits per heavy atom. The SMILES string of the molecule is CC(C)Nc1cc2c(c(C(=O)NC[C@@H]3CCNCC3O)c1)OCCCO2. The summed E-state index contributed by atoms with van der Waals surface area (Å²) in [4.78, 5) is 12.8. The van der Waals surface area contributed by atoms with E-state index in [9.17, 15) is 9.90 Å². The first kappa shape index (κ1) is 18.8. The van der Waals surface area contributed by atoms with Crippen LogP contribution in [0.2, 0.25) is 0 Å². The lowest BCUT2D eigenvalue weighted by Crippen LogP contribution is -2.45. The van der Waals surface area contributed by atoms with Crippen LogP contribution in [0.5, 0.6) is 11.5 Å². The minimum atomic E-state index is -0.435. The monoisotopic (exact) mass is 363 g/mol. The molecule has 2 aliphatic heterocycles. The number of piperidine rings is 1. The van der Waals surface area contributed by atoms with E-state index < -0.39 is 6.10 Å². The number of anilines is 1. The molecule has 2 heterocycles. The molecule has 4 N–H and O–H groups in total. The second-order valence-electron chi connectivity index (χ2n) is 7.23. The number of aliphatic hydroxyl groups excluding tert-OH is 1. The fraction of sp³-hybridized carbons (Fsp3) is 0.632. The van der Waals surface area contributed by atoms with Crippen LogP contribution in [0.4, 0.5) is 5.69 Å². The Morgan fingerprint density at radius 1 is 1.35 bits per heavy atom. The lowest BCUT2D eigenvalue weighted by molar-refractivity contribution is 0.0752. The summed E-state index contributed by atoms with van der Waals surface area (Å²) in [6.07, 6.45) is 1.19. The van der Waals surface area contributed by atoms with Crippen molar-refractivity contribution in [3.63, 3.8) is 0 Å². The smallest absolute Gasteiger partial charge is 0.255 e. The Balaban J connectivity index is 1.78. The van der Waals surface area contributed by atoms with E-state index >= 15 is 0 Å². The van der Waals surface area contributed by atoms with Crippen LogP contribution in [0.1, 0.15) is 37.0 Å². The third kappa shape index (κ3) is 4.59. The number of hydrogen-bond acceptors (Lipinski definition) is 6. The third-order valence-corrected chi connectivity index (χ3v) is 4.66. The number of carbonyl (C=O) groups is 1. The zero-order valence-electron chi connectivity index (χ0n) is 15.5. The molecule has 2 atom stereocenters. The van der Waals surface area contributed by atoms with Crippen LogP contribution >= 0.6 is 0 Å². The van der Waals surface area contributed by atoms with Crippen LogP contribution in [-0.2, 0) is 0 Å². The molecule has 0 radical (unpaired) electrons. The molecule has 1 aromatic carbocycles. The van der Waals surface area contributed by atoms with Crippen molar-refractivity contribution in [1.29, 1.82) is 0 Å². The molecular formula is C19H29N3O4. The Kier molecular flexibility index (Phi) is 6.21. The van der Waals surface area contributed by atoms with Gasteiger partial charge in [0.1, 0.15) is 0 Å². The van der Waals surface area contributed by atoms with Gasteiger partial charge in [0, 0.05) is 43.2 Å². The van der Waals surface area contributed by atoms with E-state index in [2.05, 4.69) is 16.0 Å². The number of fused-ring (bicyclic) bond motifs is 1. The van der Waals surface area contributed by atoms with Gasteiger partial charge in [0.05, 0.1) is 24.9 Å². The van der Waals surface area contributed by atoms with Gasteiger partial charge < -0.3 is 30.5 Å². The number of benzene rings is 1. The Hall–Kier alpha value is -1.99. The highest BCUT2D eigenvalue weighted by Gasteiger charge is 2.25. The zero-order chi connectivity index (χ0) is 18.5. The van der Waals surface area contributed by atoms with E-state index in [-0.39, 0.29) is 17.9 Å². The van der Waals surface area contributed by atoms with E-state index in [0.717, 1.165) is 25.1 Å². The second-order valence-corrected chi connectivity index (χ2v) is 7.23. The van der Waals surface area contributed by atoms with E-state index in [4.69, 9.17) is 9.47 Å². The lowest BCUT2D eigenvalue weighted by Gasteiger charge is -2.28. The highest BCUT2D eigenvalue weighted by atomic mass is 16.5. The maximum absolute atomic E-state index is 12.8. The molecule has 7 nitrogen and oxygen atoms in total. The van der Waals surface area contributed by atoms with Crippen LogP contribution in [0.15, 0.2) is 12.1 Å². The molecule has 0 bridgehead atoms. The first-order chi connectivity index (χ1) is 12.5. The van der Waals surface area contributed by atoms with Gasteiger partial charge in [-0.25, -0.2) is 0 Å². The van der Waals surface area contributed by atoms with E-state index in [1.54, 1.807) is 0 Å². The summed E-state index contributed by atoms with van der Waals surface area (Å²) in [6, 6.07) is 3.93. The average Bonchev–Trinajstić information content (AvgIpc) is 2.85. The number of aliphatic hydroxyl groups is 1. The molecule has 0 spiro atoms. The minimum absolute atomic E-state index is 0.0629. The highest BCUT2D eigenvalue weighted by molar-refractivity contribution is 5.99. The number of rotatable bonds is 5. The molecule has 2 aliphatic rings. The number of hydrogen-bond donors (Lipinski definition) is 4. The van der Waals surface area contributed by atoms with E-state index in [0.29, 0.717) is 43.4 Å². The van der Waals surface area contributed by atoms with Crippen LogP contribution in [0.25, 0.3) is 0 Å². The summed E-state index contributed by atoms with van der Waals surface area (Å²) in [5, 5.41) is 19.5. The molecule has 3 rings (SSSR count). The molecule has 0 aliphatic carbocycles. The fourth-order valence-corrected chi connectivity index (χ4v) is 3.31. The van der Waals surface area contributed by atoms with Gasteiger partial charge in [0.25, 0.3) is 5.91 Å². The summed E-state index contributed by atoms with van der Waals surface area (Å²) in [6.45, 7) is 7.05. The summed E-state index contributed by atoms with van der Waals surface area (Å²) in [7, 11) is 0. The van der Waals surface area contributed by atoms with Crippen molar-refractivity contribution >= 4 is 11.6 Å². The van der Waals surface area contributed by atoms with Gasteiger partial charge in [-0.05, 0) is 32.9 Å². The quantitative estimate of drug-likeness (QED) is 0.632. The van der Waals surface area contributed by atoms with Crippen LogP contribution in [-0.4, -0.2) is 56.0 Å². The van der Waals surface area contributed by atoms with Crippen molar-refractivity contribution in [2.45, 2.75) is 38.8 Å². The molecule has 1 saturated heterocycles. The van der Waals surface area contributed by atoms with Gasteiger partial charge in [-0.1, -0.05) is 0 Å². The Labute approximate surface area is 154 Å². The number of ether oxygens (including phenoxy) is 2. The van der Waals surface area contributed by atoms with Gasteiger partial charge in [-0.2, -0.15) is 0 Å². The van der Waals surface area contributed by atoms with Gasteiger partial charge in [0.15, 0.2) is 11.5 Å². The predicted molar refractivity (Wildman–Crippen MR) is 100 cm³/mol. The summed E-state index contributed by atoms with van der Waals surface area (Å²) in [5.41, 5.74) is 1.30. The molecule has 26 heavy (non-hydrogen) atoms. The maximum Gasteiger partial charge on any atom is 0.255 e. The van der Waals surface area contributed by atoms with Crippen LogP contribution in [0.3, 0.4) is 0 Å². The molecule has 0 aromatic heterocycles. The van der Waals surface area contributed by atoms with Gasteiger partial charge >= 0.3 is 0 Å². The maximum atomic E-state index is 12.8. The fourth-order valence-electron chi connectivity index (χ4n) is 3.31. The van der Waals surface area contributed by atoms with Gasteiger partial charge in [-0.15, -0.1) is 0 Å². The molecule has 0 saturated carbocycles. The average molecular weight is 363 g/mol.